The Kier molecular flexibility index (Phi) is 4.18. The van der Waals surface area contributed by atoms with E-state index in [1.807, 2.05) is 30.3 Å². The lowest BCUT2D eigenvalue weighted by Crippen LogP contribution is -2.56. The molecule has 3 aromatic rings. The van der Waals surface area contributed by atoms with Crippen LogP contribution < -0.4 is 4.74 Å². The number of halogens is 3. The summed E-state index contributed by atoms with van der Waals surface area (Å²) in [6.45, 7) is 0.538. The fourth-order valence-corrected chi connectivity index (χ4v) is 2.83. The average Bonchev–Trinajstić information content (AvgIpc) is 2.63. The van der Waals surface area contributed by atoms with Gasteiger partial charge in [0.25, 0.3) is 5.91 Å². The molecule has 8 heteroatoms. The molecule has 0 unspecified atom stereocenters. The molecular weight excluding hydrogens is 359 g/mol. The number of hydrogen-bond acceptors (Lipinski definition) is 4. The zero-order chi connectivity index (χ0) is 19.0. The largest absolute Gasteiger partial charge is 0.471 e. The molecule has 0 saturated carbocycles. The molecule has 1 aliphatic rings. The molecule has 1 amide bonds. The van der Waals surface area contributed by atoms with Gasteiger partial charge in [-0.3, -0.25) is 4.79 Å². The average molecular weight is 373 g/mol. The van der Waals surface area contributed by atoms with Crippen molar-refractivity contribution in [3.8, 4) is 5.88 Å². The highest BCUT2D eigenvalue weighted by molar-refractivity contribution is 5.95. The van der Waals surface area contributed by atoms with E-state index < -0.39 is 18.0 Å². The van der Waals surface area contributed by atoms with Crippen LogP contribution in [0.3, 0.4) is 0 Å². The Labute approximate surface area is 152 Å². The summed E-state index contributed by atoms with van der Waals surface area (Å²) in [4.78, 5) is 21.9. The van der Waals surface area contributed by atoms with Gasteiger partial charge >= 0.3 is 6.18 Å². The molecule has 0 aliphatic carbocycles. The van der Waals surface area contributed by atoms with Gasteiger partial charge in [-0.2, -0.15) is 13.2 Å². The van der Waals surface area contributed by atoms with Crippen LogP contribution in [0.25, 0.3) is 10.9 Å². The SMILES string of the molecule is O=C(c1ccc2ccccc2n1)N1CC(Oc2cccc(C(F)(F)F)n2)C1. The number of carbonyl (C=O) groups excluding carboxylic acids is 1. The molecule has 1 fully saturated rings. The molecule has 5 nitrogen and oxygen atoms in total. The third kappa shape index (κ3) is 3.55. The van der Waals surface area contributed by atoms with Gasteiger partial charge in [-0.25, -0.2) is 9.97 Å². The number of likely N-dealkylation sites (tertiary alicyclic amines) is 1. The van der Waals surface area contributed by atoms with Crippen molar-refractivity contribution in [1.29, 1.82) is 0 Å². The standard InChI is InChI=1S/C19H14F3N3O2/c20-19(21,22)16-6-3-7-17(24-16)27-13-10-25(11-13)18(26)15-9-8-12-4-1-2-5-14(12)23-15/h1-9,13H,10-11H2. The van der Waals surface area contributed by atoms with Crippen molar-refractivity contribution in [1.82, 2.24) is 14.9 Å². The lowest BCUT2D eigenvalue weighted by molar-refractivity contribution is -0.141. The van der Waals surface area contributed by atoms with Crippen molar-refractivity contribution in [2.75, 3.05) is 13.1 Å². The van der Waals surface area contributed by atoms with Gasteiger partial charge in [0, 0.05) is 11.5 Å². The predicted octanol–water partition coefficient (Wildman–Crippen LogP) is 3.55. The number of alkyl halides is 3. The number of rotatable bonds is 3. The monoisotopic (exact) mass is 373 g/mol. The summed E-state index contributed by atoms with van der Waals surface area (Å²) in [6, 6.07) is 14.5. The van der Waals surface area contributed by atoms with E-state index in [1.165, 1.54) is 17.0 Å². The molecule has 2 aromatic heterocycles. The van der Waals surface area contributed by atoms with Gasteiger partial charge < -0.3 is 9.64 Å². The summed E-state index contributed by atoms with van der Waals surface area (Å²) in [5.74, 6) is -0.344. The second-order valence-corrected chi connectivity index (χ2v) is 6.20. The van der Waals surface area contributed by atoms with Crippen molar-refractivity contribution in [3.63, 3.8) is 0 Å². The number of amides is 1. The first-order chi connectivity index (χ1) is 12.9. The maximum absolute atomic E-state index is 12.7. The lowest BCUT2D eigenvalue weighted by Gasteiger charge is -2.38. The van der Waals surface area contributed by atoms with Crippen molar-refractivity contribution in [2.45, 2.75) is 12.3 Å². The van der Waals surface area contributed by atoms with Crippen LogP contribution in [0.5, 0.6) is 5.88 Å². The molecule has 0 bridgehead atoms. The third-order valence-electron chi connectivity index (χ3n) is 4.25. The fraction of sp³-hybridized carbons (Fsp3) is 0.211. The van der Waals surface area contributed by atoms with Crippen LogP contribution in [0.1, 0.15) is 16.2 Å². The summed E-state index contributed by atoms with van der Waals surface area (Å²) >= 11 is 0. The van der Waals surface area contributed by atoms with Crippen LogP contribution >= 0.6 is 0 Å². The van der Waals surface area contributed by atoms with Gasteiger partial charge in [0.1, 0.15) is 17.5 Å². The van der Waals surface area contributed by atoms with Crippen LogP contribution in [0.15, 0.2) is 54.6 Å². The number of para-hydroxylation sites is 1. The zero-order valence-electron chi connectivity index (χ0n) is 14.0. The van der Waals surface area contributed by atoms with Gasteiger partial charge in [-0.15, -0.1) is 0 Å². The summed E-state index contributed by atoms with van der Waals surface area (Å²) in [5, 5.41) is 0.939. The molecule has 138 valence electrons. The number of nitrogens with zero attached hydrogens (tertiary/aromatic N) is 3. The Morgan fingerprint density at radius 2 is 1.78 bits per heavy atom. The Morgan fingerprint density at radius 1 is 1.00 bits per heavy atom. The van der Waals surface area contributed by atoms with Crippen LogP contribution in [-0.4, -0.2) is 40.0 Å². The van der Waals surface area contributed by atoms with E-state index in [9.17, 15) is 18.0 Å². The minimum absolute atomic E-state index is 0.106. The molecular formula is C19H14F3N3O2. The van der Waals surface area contributed by atoms with E-state index in [0.717, 1.165) is 17.0 Å². The number of carbonyl (C=O) groups is 1. The molecule has 0 N–H and O–H groups in total. The van der Waals surface area contributed by atoms with E-state index in [-0.39, 0.29) is 24.9 Å². The van der Waals surface area contributed by atoms with Crippen LogP contribution in [0.2, 0.25) is 0 Å². The summed E-state index contributed by atoms with van der Waals surface area (Å²) in [5.41, 5.74) is 0.0433. The summed E-state index contributed by atoms with van der Waals surface area (Å²) in [6.07, 6.45) is -4.92. The first-order valence-electron chi connectivity index (χ1n) is 8.26. The normalized spacial score (nSPS) is 14.9. The Hall–Kier alpha value is -3.16. The molecule has 1 saturated heterocycles. The number of ether oxygens (including phenoxy) is 1. The number of hydrogen-bond donors (Lipinski definition) is 0. The number of benzene rings is 1. The van der Waals surface area contributed by atoms with E-state index in [2.05, 4.69) is 9.97 Å². The van der Waals surface area contributed by atoms with E-state index in [4.69, 9.17) is 4.74 Å². The van der Waals surface area contributed by atoms with Crippen LogP contribution in [0, 0.1) is 0 Å². The first-order valence-corrected chi connectivity index (χ1v) is 8.26. The second-order valence-electron chi connectivity index (χ2n) is 6.20. The predicted molar refractivity (Wildman–Crippen MR) is 91.3 cm³/mol. The minimum Gasteiger partial charge on any atom is -0.471 e. The molecule has 0 atom stereocenters. The topological polar surface area (TPSA) is 55.3 Å². The van der Waals surface area contributed by atoms with Gasteiger partial charge in [-0.1, -0.05) is 30.3 Å². The second kappa shape index (κ2) is 6.53. The fourth-order valence-electron chi connectivity index (χ4n) is 2.83. The molecule has 3 heterocycles. The quantitative estimate of drug-likeness (QED) is 0.705. The smallest absolute Gasteiger partial charge is 0.433 e. The highest BCUT2D eigenvalue weighted by atomic mass is 19.4. The molecule has 0 spiro atoms. The van der Waals surface area contributed by atoms with E-state index in [0.29, 0.717) is 5.69 Å². The number of pyridine rings is 2. The molecule has 1 aliphatic heterocycles. The minimum atomic E-state index is -4.53. The number of fused-ring (bicyclic) bond motifs is 1. The van der Waals surface area contributed by atoms with Gasteiger partial charge in [-0.05, 0) is 18.2 Å². The van der Waals surface area contributed by atoms with Crippen molar-refractivity contribution >= 4 is 16.8 Å². The highest BCUT2D eigenvalue weighted by Crippen LogP contribution is 2.29. The van der Waals surface area contributed by atoms with Crippen LogP contribution in [0.4, 0.5) is 13.2 Å². The van der Waals surface area contributed by atoms with Crippen molar-refractivity contribution < 1.29 is 22.7 Å². The maximum Gasteiger partial charge on any atom is 0.433 e. The van der Waals surface area contributed by atoms with E-state index in [1.54, 1.807) is 6.07 Å². The molecule has 0 radical (unpaired) electrons. The van der Waals surface area contributed by atoms with Crippen LogP contribution in [-0.2, 0) is 6.18 Å². The van der Waals surface area contributed by atoms with Gasteiger partial charge in [0.15, 0.2) is 0 Å². The van der Waals surface area contributed by atoms with Gasteiger partial charge in [0.2, 0.25) is 5.88 Å². The number of aromatic nitrogens is 2. The van der Waals surface area contributed by atoms with E-state index >= 15 is 0 Å². The third-order valence-corrected chi connectivity index (χ3v) is 4.25. The maximum atomic E-state index is 12.7. The highest BCUT2D eigenvalue weighted by Gasteiger charge is 2.35. The molecule has 1 aromatic carbocycles. The molecule has 27 heavy (non-hydrogen) atoms. The first kappa shape index (κ1) is 17.3. The molecule has 4 rings (SSSR count). The van der Waals surface area contributed by atoms with Crippen molar-refractivity contribution in [2.24, 2.45) is 0 Å². The Balaban J connectivity index is 1.39. The summed E-state index contributed by atoms with van der Waals surface area (Å²) in [7, 11) is 0. The summed E-state index contributed by atoms with van der Waals surface area (Å²) < 4.78 is 43.5. The Morgan fingerprint density at radius 3 is 2.56 bits per heavy atom. The zero-order valence-corrected chi connectivity index (χ0v) is 14.0. The van der Waals surface area contributed by atoms with Gasteiger partial charge in [0.05, 0.1) is 18.6 Å². The lowest BCUT2D eigenvalue weighted by atomic mass is 10.1. The van der Waals surface area contributed by atoms with Crippen molar-refractivity contribution in [3.05, 3.63) is 66.0 Å². The Bertz CT molecular complexity index is 1000.